The van der Waals surface area contributed by atoms with E-state index in [2.05, 4.69) is 14.8 Å². The molecule has 1 fully saturated rings. The Labute approximate surface area is 177 Å². The molecule has 2 aromatic rings. The second kappa shape index (κ2) is 9.74. The van der Waals surface area contributed by atoms with E-state index in [0.717, 1.165) is 25.7 Å². The minimum absolute atomic E-state index is 0.0886. The Balaban J connectivity index is 1.89. The summed E-state index contributed by atoms with van der Waals surface area (Å²) in [6.07, 6.45) is 5.59. The van der Waals surface area contributed by atoms with Gasteiger partial charge in [-0.1, -0.05) is 43.2 Å². The largest absolute Gasteiger partial charge is 0.337 e. The van der Waals surface area contributed by atoms with Gasteiger partial charge in [0, 0.05) is 18.1 Å². The molecular weight excluding hydrogens is 387 g/mol. The molecule has 0 aliphatic heterocycles. The van der Waals surface area contributed by atoms with Gasteiger partial charge in [-0.3, -0.25) is 9.36 Å². The molecule has 1 aliphatic rings. The van der Waals surface area contributed by atoms with Gasteiger partial charge in [-0.25, -0.2) is 4.39 Å². The SMILES string of the molecule is CC(C)N(C(=O)CSc1nnc(-c2ccccc2F)n1C1CCCCC1)C(C)C. The van der Waals surface area contributed by atoms with Crippen LogP contribution in [0, 0.1) is 5.82 Å². The van der Waals surface area contributed by atoms with Crippen molar-refractivity contribution in [2.45, 2.75) is 83.1 Å². The van der Waals surface area contributed by atoms with E-state index in [0.29, 0.717) is 22.3 Å². The summed E-state index contributed by atoms with van der Waals surface area (Å²) in [6, 6.07) is 7.24. The van der Waals surface area contributed by atoms with Crippen LogP contribution in [0.1, 0.15) is 65.8 Å². The number of halogens is 1. The number of nitrogens with zero attached hydrogens (tertiary/aromatic N) is 4. The zero-order valence-electron chi connectivity index (χ0n) is 17.8. The maximum absolute atomic E-state index is 14.5. The van der Waals surface area contributed by atoms with Crippen molar-refractivity contribution in [3.63, 3.8) is 0 Å². The van der Waals surface area contributed by atoms with Gasteiger partial charge in [-0.05, 0) is 52.7 Å². The summed E-state index contributed by atoms with van der Waals surface area (Å²) in [5.74, 6) is 0.661. The Kier molecular flexibility index (Phi) is 7.33. The fourth-order valence-corrected chi connectivity index (χ4v) is 5.12. The second-order valence-electron chi connectivity index (χ2n) is 8.23. The normalized spacial score (nSPS) is 15.3. The van der Waals surface area contributed by atoms with E-state index in [9.17, 15) is 9.18 Å². The average molecular weight is 419 g/mol. The number of benzene rings is 1. The first-order valence-corrected chi connectivity index (χ1v) is 11.5. The molecule has 1 amide bonds. The Morgan fingerprint density at radius 1 is 1.14 bits per heavy atom. The van der Waals surface area contributed by atoms with Crippen LogP contribution in [0.2, 0.25) is 0 Å². The lowest BCUT2D eigenvalue weighted by atomic mass is 9.95. The molecule has 158 valence electrons. The van der Waals surface area contributed by atoms with Crippen LogP contribution >= 0.6 is 11.8 Å². The number of hydrogen-bond acceptors (Lipinski definition) is 4. The summed E-state index contributed by atoms with van der Waals surface area (Å²) in [5, 5.41) is 9.42. The number of amides is 1. The Hall–Kier alpha value is -1.89. The van der Waals surface area contributed by atoms with Gasteiger partial charge in [0.25, 0.3) is 0 Å². The highest BCUT2D eigenvalue weighted by Crippen LogP contribution is 2.36. The summed E-state index contributed by atoms with van der Waals surface area (Å²) in [5.41, 5.74) is 0.467. The summed E-state index contributed by atoms with van der Waals surface area (Å²) < 4.78 is 16.6. The third-order valence-electron chi connectivity index (χ3n) is 5.44. The topological polar surface area (TPSA) is 51.0 Å². The third kappa shape index (κ3) is 5.00. The molecule has 1 aromatic heterocycles. The quantitative estimate of drug-likeness (QED) is 0.571. The average Bonchev–Trinajstić information content (AvgIpc) is 3.10. The van der Waals surface area contributed by atoms with E-state index in [1.807, 2.05) is 38.7 Å². The smallest absolute Gasteiger partial charge is 0.233 e. The summed E-state index contributed by atoms with van der Waals surface area (Å²) in [6.45, 7) is 8.12. The van der Waals surface area contributed by atoms with E-state index in [-0.39, 0.29) is 29.8 Å². The monoisotopic (exact) mass is 418 g/mol. The van der Waals surface area contributed by atoms with Gasteiger partial charge in [0.05, 0.1) is 11.3 Å². The van der Waals surface area contributed by atoms with E-state index in [1.54, 1.807) is 12.1 Å². The van der Waals surface area contributed by atoms with Crippen molar-refractivity contribution in [1.29, 1.82) is 0 Å². The standard InChI is InChI=1S/C22H31FN4OS/c1-15(2)26(16(3)4)20(28)14-29-22-25-24-21(18-12-8-9-13-19(18)23)27(22)17-10-6-5-7-11-17/h8-9,12-13,15-17H,5-7,10-11,14H2,1-4H3. The van der Waals surface area contributed by atoms with E-state index in [1.165, 1.54) is 24.2 Å². The third-order valence-corrected chi connectivity index (χ3v) is 6.37. The van der Waals surface area contributed by atoms with Crippen molar-refractivity contribution in [2.24, 2.45) is 0 Å². The van der Waals surface area contributed by atoms with Crippen LogP contribution in [0.5, 0.6) is 0 Å². The lowest BCUT2D eigenvalue weighted by Gasteiger charge is -2.31. The Morgan fingerprint density at radius 2 is 1.79 bits per heavy atom. The molecule has 0 atom stereocenters. The van der Waals surface area contributed by atoms with Crippen molar-refractivity contribution in [3.8, 4) is 11.4 Å². The minimum Gasteiger partial charge on any atom is -0.337 e. The number of carbonyl (C=O) groups is 1. The van der Waals surface area contributed by atoms with Crippen LogP contribution in [0.15, 0.2) is 29.4 Å². The lowest BCUT2D eigenvalue weighted by molar-refractivity contribution is -0.131. The molecule has 0 radical (unpaired) electrons. The van der Waals surface area contributed by atoms with E-state index >= 15 is 0 Å². The van der Waals surface area contributed by atoms with Crippen LogP contribution in [0.3, 0.4) is 0 Å². The molecule has 1 saturated carbocycles. The number of thioether (sulfide) groups is 1. The Bertz CT molecular complexity index is 822. The van der Waals surface area contributed by atoms with E-state index in [4.69, 9.17) is 0 Å². The van der Waals surface area contributed by atoms with Crippen molar-refractivity contribution in [2.75, 3.05) is 5.75 Å². The van der Waals surface area contributed by atoms with Gasteiger partial charge in [0.2, 0.25) is 5.91 Å². The zero-order chi connectivity index (χ0) is 21.0. The van der Waals surface area contributed by atoms with E-state index < -0.39 is 0 Å². The highest BCUT2D eigenvalue weighted by Gasteiger charge is 2.27. The molecule has 1 aliphatic carbocycles. The first-order chi connectivity index (χ1) is 13.9. The molecule has 0 saturated heterocycles. The predicted octanol–water partition coefficient (Wildman–Crippen LogP) is 5.33. The highest BCUT2D eigenvalue weighted by atomic mass is 32.2. The van der Waals surface area contributed by atoms with Crippen molar-refractivity contribution in [1.82, 2.24) is 19.7 Å². The van der Waals surface area contributed by atoms with Crippen LogP contribution < -0.4 is 0 Å². The molecular formula is C22H31FN4OS. The van der Waals surface area contributed by atoms with Gasteiger partial charge in [-0.15, -0.1) is 10.2 Å². The van der Waals surface area contributed by atoms with Gasteiger partial charge in [0.15, 0.2) is 11.0 Å². The second-order valence-corrected chi connectivity index (χ2v) is 9.17. The molecule has 0 N–H and O–H groups in total. The number of hydrogen-bond donors (Lipinski definition) is 0. The van der Waals surface area contributed by atoms with Gasteiger partial charge >= 0.3 is 0 Å². The maximum Gasteiger partial charge on any atom is 0.233 e. The molecule has 1 heterocycles. The summed E-state index contributed by atoms with van der Waals surface area (Å²) >= 11 is 1.41. The summed E-state index contributed by atoms with van der Waals surface area (Å²) in [4.78, 5) is 14.7. The predicted molar refractivity (Wildman–Crippen MR) is 115 cm³/mol. The van der Waals surface area contributed by atoms with Gasteiger partial charge < -0.3 is 4.90 Å². The van der Waals surface area contributed by atoms with Crippen LogP contribution in [-0.4, -0.2) is 43.4 Å². The molecule has 3 rings (SSSR count). The van der Waals surface area contributed by atoms with Crippen LogP contribution in [0.4, 0.5) is 4.39 Å². The van der Waals surface area contributed by atoms with Crippen molar-refractivity contribution in [3.05, 3.63) is 30.1 Å². The molecule has 7 heteroatoms. The van der Waals surface area contributed by atoms with Crippen LogP contribution in [-0.2, 0) is 4.79 Å². The van der Waals surface area contributed by atoms with Gasteiger partial charge in [-0.2, -0.15) is 0 Å². The van der Waals surface area contributed by atoms with Crippen molar-refractivity contribution < 1.29 is 9.18 Å². The maximum atomic E-state index is 14.5. The fourth-order valence-electron chi connectivity index (χ4n) is 4.24. The molecule has 0 spiro atoms. The molecule has 5 nitrogen and oxygen atoms in total. The zero-order valence-corrected chi connectivity index (χ0v) is 18.6. The Morgan fingerprint density at radius 3 is 2.41 bits per heavy atom. The minimum atomic E-state index is -0.296. The number of aromatic nitrogens is 3. The lowest BCUT2D eigenvalue weighted by Crippen LogP contribution is -2.43. The first kappa shape index (κ1) is 21.8. The molecule has 29 heavy (non-hydrogen) atoms. The number of carbonyl (C=O) groups excluding carboxylic acids is 1. The van der Waals surface area contributed by atoms with Crippen molar-refractivity contribution >= 4 is 17.7 Å². The molecule has 0 bridgehead atoms. The number of rotatable bonds is 7. The fraction of sp³-hybridized carbons (Fsp3) is 0.591. The van der Waals surface area contributed by atoms with Crippen LogP contribution in [0.25, 0.3) is 11.4 Å². The highest BCUT2D eigenvalue weighted by molar-refractivity contribution is 7.99. The molecule has 0 unspecified atom stereocenters. The first-order valence-electron chi connectivity index (χ1n) is 10.5. The van der Waals surface area contributed by atoms with Gasteiger partial charge in [0.1, 0.15) is 5.82 Å². The molecule has 1 aromatic carbocycles. The summed E-state index contributed by atoms with van der Waals surface area (Å²) in [7, 11) is 0.